The first-order valence-electron chi connectivity index (χ1n) is 11.5. The van der Waals surface area contributed by atoms with Gasteiger partial charge in [-0.15, -0.1) is 0 Å². The maximum atomic E-state index is 12.6. The van der Waals surface area contributed by atoms with E-state index in [2.05, 4.69) is 19.9 Å². The number of nitrogens with zero attached hydrogens (tertiary/aromatic N) is 2. The van der Waals surface area contributed by atoms with Crippen molar-refractivity contribution < 1.29 is 18.3 Å². The van der Waals surface area contributed by atoms with Gasteiger partial charge in [-0.05, 0) is 63.0 Å². The van der Waals surface area contributed by atoms with E-state index in [0.29, 0.717) is 37.9 Å². The quantitative estimate of drug-likeness (QED) is 0.468. The summed E-state index contributed by atoms with van der Waals surface area (Å²) < 4.78 is 27.7. The molecule has 3 N–H and O–H groups in total. The van der Waals surface area contributed by atoms with Crippen LogP contribution in [0, 0.1) is 5.92 Å². The van der Waals surface area contributed by atoms with Crippen LogP contribution in [-0.4, -0.2) is 66.3 Å². The molecule has 2 aliphatic rings. The molecule has 0 radical (unpaired) electrons. The standard InChI is InChI=1S/C22H36N4O4S/c1-2-3-12-24-31(29,30)21(22(27)28)17-4-6-20(7-5-17)26-15-10-19(11-16-26)25-18-8-13-23-14-9-18/h8-9,13-14,17,19-21,24H,2-7,10-12,15-16H2,1H3,(H,23,25)(H,27,28). The number of carboxylic acid groups (broad SMARTS) is 1. The molecule has 1 aliphatic heterocycles. The third-order valence-electron chi connectivity index (χ3n) is 6.68. The van der Waals surface area contributed by atoms with Crippen molar-refractivity contribution in [2.75, 3.05) is 25.0 Å². The zero-order valence-electron chi connectivity index (χ0n) is 18.4. The van der Waals surface area contributed by atoms with Gasteiger partial charge in [-0.2, -0.15) is 0 Å². The first-order valence-corrected chi connectivity index (χ1v) is 13.1. The van der Waals surface area contributed by atoms with Crippen molar-refractivity contribution in [2.45, 2.75) is 75.6 Å². The summed E-state index contributed by atoms with van der Waals surface area (Å²) in [7, 11) is -3.85. The third-order valence-corrected chi connectivity index (χ3v) is 8.54. The van der Waals surface area contributed by atoms with Gasteiger partial charge in [0.1, 0.15) is 0 Å². The Kier molecular flexibility index (Phi) is 8.68. The molecule has 1 saturated carbocycles. The minimum Gasteiger partial charge on any atom is -0.480 e. The molecular formula is C22H36N4O4S. The Morgan fingerprint density at radius 3 is 2.39 bits per heavy atom. The normalized spacial score (nSPS) is 24.5. The Labute approximate surface area is 185 Å². The molecule has 8 nitrogen and oxygen atoms in total. The number of hydrogen-bond donors (Lipinski definition) is 3. The molecule has 0 spiro atoms. The molecule has 31 heavy (non-hydrogen) atoms. The van der Waals surface area contributed by atoms with E-state index >= 15 is 0 Å². The summed E-state index contributed by atoms with van der Waals surface area (Å²) >= 11 is 0. The first-order chi connectivity index (χ1) is 14.9. The van der Waals surface area contributed by atoms with Crippen molar-refractivity contribution in [3.05, 3.63) is 24.5 Å². The van der Waals surface area contributed by atoms with Gasteiger partial charge in [0.05, 0.1) is 0 Å². The van der Waals surface area contributed by atoms with E-state index in [-0.39, 0.29) is 5.92 Å². The summed E-state index contributed by atoms with van der Waals surface area (Å²) in [5.74, 6) is -1.55. The lowest BCUT2D eigenvalue weighted by Gasteiger charge is -2.41. The molecule has 1 aromatic rings. The van der Waals surface area contributed by atoms with Crippen LogP contribution in [0.3, 0.4) is 0 Å². The van der Waals surface area contributed by atoms with Crippen molar-refractivity contribution in [3.63, 3.8) is 0 Å². The van der Waals surface area contributed by atoms with E-state index in [1.165, 1.54) is 0 Å². The van der Waals surface area contributed by atoms with Crippen LogP contribution in [0.2, 0.25) is 0 Å². The fourth-order valence-electron chi connectivity index (χ4n) is 4.93. The highest BCUT2D eigenvalue weighted by atomic mass is 32.2. The highest BCUT2D eigenvalue weighted by molar-refractivity contribution is 7.90. The predicted octanol–water partition coefficient (Wildman–Crippen LogP) is 2.69. The number of nitrogens with one attached hydrogen (secondary N) is 2. The smallest absolute Gasteiger partial charge is 0.323 e. The Morgan fingerprint density at radius 1 is 1.16 bits per heavy atom. The number of piperidine rings is 1. The van der Waals surface area contributed by atoms with E-state index in [9.17, 15) is 18.3 Å². The number of pyridine rings is 1. The Hall–Kier alpha value is -1.71. The second-order valence-electron chi connectivity index (χ2n) is 8.81. The van der Waals surface area contributed by atoms with E-state index in [4.69, 9.17) is 0 Å². The summed E-state index contributed by atoms with van der Waals surface area (Å²) in [5, 5.41) is 11.9. The SMILES string of the molecule is CCCCNS(=O)(=O)C(C(=O)O)C1CCC(N2CCC(Nc3ccncc3)CC2)CC1. The molecule has 1 aliphatic carbocycles. The van der Waals surface area contributed by atoms with Gasteiger partial charge in [-0.1, -0.05) is 13.3 Å². The van der Waals surface area contributed by atoms with Crippen LogP contribution in [-0.2, 0) is 14.8 Å². The molecule has 2 heterocycles. The second kappa shape index (κ2) is 11.2. The molecule has 2 fully saturated rings. The zero-order chi connectivity index (χ0) is 22.3. The van der Waals surface area contributed by atoms with Gasteiger partial charge in [-0.25, -0.2) is 13.1 Å². The maximum Gasteiger partial charge on any atom is 0.323 e. The molecule has 1 unspecified atom stereocenters. The molecule has 174 valence electrons. The van der Waals surface area contributed by atoms with Crippen LogP contribution in [0.4, 0.5) is 5.69 Å². The molecule has 0 aromatic carbocycles. The van der Waals surface area contributed by atoms with Crippen LogP contribution in [0.1, 0.15) is 58.3 Å². The summed E-state index contributed by atoms with van der Waals surface area (Å²) in [5.41, 5.74) is 1.10. The Morgan fingerprint density at radius 2 is 1.81 bits per heavy atom. The summed E-state index contributed by atoms with van der Waals surface area (Å²) in [6.07, 6.45) is 10.3. The van der Waals surface area contributed by atoms with Crippen molar-refractivity contribution in [3.8, 4) is 0 Å². The van der Waals surface area contributed by atoms with Crippen LogP contribution in [0.25, 0.3) is 0 Å². The minimum atomic E-state index is -3.85. The van der Waals surface area contributed by atoms with Crippen LogP contribution >= 0.6 is 0 Å². The number of carboxylic acids is 1. The van der Waals surface area contributed by atoms with Crippen LogP contribution in [0.15, 0.2) is 24.5 Å². The van der Waals surface area contributed by atoms with Gasteiger partial charge in [0.2, 0.25) is 10.0 Å². The monoisotopic (exact) mass is 452 g/mol. The Bertz CT molecular complexity index is 789. The van der Waals surface area contributed by atoms with Crippen molar-refractivity contribution in [2.24, 2.45) is 5.92 Å². The zero-order valence-corrected chi connectivity index (χ0v) is 19.2. The molecule has 1 saturated heterocycles. The number of aliphatic carboxylic acids is 1. The molecular weight excluding hydrogens is 416 g/mol. The van der Waals surface area contributed by atoms with Gasteiger partial charge in [0.15, 0.2) is 5.25 Å². The molecule has 9 heteroatoms. The lowest BCUT2D eigenvalue weighted by molar-refractivity contribution is -0.137. The molecule has 3 rings (SSSR count). The van der Waals surface area contributed by atoms with Gasteiger partial charge < -0.3 is 15.3 Å². The van der Waals surface area contributed by atoms with Crippen molar-refractivity contribution >= 4 is 21.7 Å². The first kappa shape index (κ1) is 23.9. The maximum absolute atomic E-state index is 12.6. The lowest BCUT2D eigenvalue weighted by Crippen LogP contribution is -2.49. The number of aromatic nitrogens is 1. The number of hydrogen-bond acceptors (Lipinski definition) is 6. The number of sulfonamides is 1. The van der Waals surface area contributed by atoms with E-state index < -0.39 is 21.2 Å². The number of anilines is 1. The molecule has 0 bridgehead atoms. The van der Waals surface area contributed by atoms with Crippen LogP contribution < -0.4 is 10.0 Å². The predicted molar refractivity (Wildman–Crippen MR) is 121 cm³/mol. The van der Waals surface area contributed by atoms with E-state index in [1.54, 1.807) is 12.4 Å². The van der Waals surface area contributed by atoms with Crippen molar-refractivity contribution in [1.82, 2.24) is 14.6 Å². The number of rotatable bonds is 10. The summed E-state index contributed by atoms with van der Waals surface area (Å²) in [4.78, 5) is 18.4. The van der Waals surface area contributed by atoms with Gasteiger partial charge in [0, 0.05) is 49.8 Å². The lowest BCUT2D eigenvalue weighted by atomic mass is 9.82. The molecule has 1 atom stereocenters. The minimum absolute atomic E-state index is 0.306. The van der Waals surface area contributed by atoms with E-state index in [1.807, 2.05) is 19.1 Å². The summed E-state index contributed by atoms with van der Waals surface area (Å²) in [6, 6.07) is 4.84. The molecule has 1 aromatic heterocycles. The van der Waals surface area contributed by atoms with Crippen molar-refractivity contribution in [1.29, 1.82) is 0 Å². The third kappa shape index (κ3) is 6.63. The fourth-order valence-corrected chi connectivity index (χ4v) is 6.58. The highest BCUT2D eigenvalue weighted by Gasteiger charge is 2.42. The average molecular weight is 453 g/mol. The summed E-state index contributed by atoms with van der Waals surface area (Å²) in [6.45, 7) is 4.30. The van der Waals surface area contributed by atoms with Gasteiger partial charge in [-0.3, -0.25) is 9.78 Å². The number of likely N-dealkylation sites (tertiary alicyclic amines) is 1. The fraction of sp³-hybridized carbons (Fsp3) is 0.727. The number of carbonyl (C=O) groups is 1. The average Bonchev–Trinajstić information content (AvgIpc) is 2.75. The second-order valence-corrected chi connectivity index (χ2v) is 10.7. The van der Waals surface area contributed by atoms with Gasteiger partial charge in [0.25, 0.3) is 0 Å². The highest BCUT2D eigenvalue weighted by Crippen LogP contribution is 2.33. The molecule has 0 amide bonds. The van der Waals surface area contributed by atoms with Crippen LogP contribution in [0.5, 0.6) is 0 Å². The van der Waals surface area contributed by atoms with Gasteiger partial charge >= 0.3 is 5.97 Å². The topological polar surface area (TPSA) is 112 Å². The van der Waals surface area contributed by atoms with E-state index in [0.717, 1.165) is 50.9 Å². The number of unbranched alkanes of at least 4 members (excludes halogenated alkanes) is 1. The Balaban J connectivity index is 1.48. The largest absolute Gasteiger partial charge is 0.480 e.